The Kier molecular flexibility index (Phi) is 30.8. The highest BCUT2D eigenvalue weighted by molar-refractivity contribution is 7.46. The highest BCUT2D eigenvalue weighted by atomic mass is 31.2. The molecule has 1 aliphatic rings. The molecule has 0 spiro atoms. The van der Waals surface area contributed by atoms with Crippen molar-refractivity contribution in [2.45, 2.75) is 206 Å². The maximum absolute atomic E-state index is 12.5. The first-order valence-electron chi connectivity index (χ1n) is 21.7. The van der Waals surface area contributed by atoms with Gasteiger partial charge in [-0.05, 0) is 51.4 Å². The number of carbonyl (C=O) groups excluding carboxylic acids is 3. The second-order valence-electron chi connectivity index (χ2n) is 15.4. The number of ketones is 1. The van der Waals surface area contributed by atoms with Crippen molar-refractivity contribution in [3.05, 3.63) is 24.3 Å². The molecule has 1 fully saturated rings. The van der Waals surface area contributed by atoms with Gasteiger partial charge < -0.3 is 29.5 Å². The number of hydrogen-bond donors (Lipinski definition) is 4. The minimum absolute atomic E-state index is 0.0441. The number of hydrogen-bond acceptors (Lipinski definition) is 9. The van der Waals surface area contributed by atoms with Crippen molar-refractivity contribution in [1.29, 1.82) is 0 Å². The minimum Gasteiger partial charge on any atom is -0.462 e. The van der Waals surface area contributed by atoms with E-state index in [-0.39, 0.29) is 43.5 Å². The van der Waals surface area contributed by atoms with Crippen LogP contribution in [-0.2, 0) is 32.9 Å². The summed E-state index contributed by atoms with van der Waals surface area (Å²) in [7, 11) is -4.81. The summed E-state index contributed by atoms with van der Waals surface area (Å²) in [5, 5.41) is 20.6. The Hall–Kier alpha value is -1.88. The van der Waals surface area contributed by atoms with Crippen LogP contribution >= 0.6 is 7.82 Å². The zero-order valence-corrected chi connectivity index (χ0v) is 35.2. The van der Waals surface area contributed by atoms with E-state index in [4.69, 9.17) is 19.3 Å². The summed E-state index contributed by atoms with van der Waals surface area (Å²) in [4.78, 5) is 55.6. The fourth-order valence-electron chi connectivity index (χ4n) is 7.03. The number of phosphoric ester groups is 1. The summed E-state index contributed by atoms with van der Waals surface area (Å²) >= 11 is 0. The molecule has 0 aromatic rings. The third-order valence-corrected chi connectivity index (χ3v) is 10.8. The van der Waals surface area contributed by atoms with Gasteiger partial charge in [0.15, 0.2) is 6.10 Å². The van der Waals surface area contributed by atoms with Crippen LogP contribution < -0.4 is 0 Å². The lowest BCUT2D eigenvalue weighted by molar-refractivity contribution is -0.161. The van der Waals surface area contributed by atoms with Gasteiger partial charge in [0.2, 0.25) is 0 Å². The number of carbonyl (C=O) groups is 3. The van der Waals surface area contributed by atoms with Gasteiger partial charge in [-0.25, -0.2) is 4.57 Å². The molecular weight excluding hydrogens is 723 g/mol. The average Bonchev–Trinajstić information content (AvgIpc) is 3.41. The highest BCUT2D eigenvalue weighted by Gasteiger charge is 2.39. The van der Waals surface area contributed by atoms with Crippen molar-refractivity contribution >= 4 is 25.5 Å². The lowest BCUT2D eigenvalue weighted by Crippen LogP contribution is -2.29. The van der Waals surface area contributed by atoms with Gasteiger partial charge >= 0.3 is 19.8 Å². The van der Waals surface area contributed by atoms with E-state index >= 15 is 0 Å². The van der Waals surface area contributed by atoms with Gasteiger partial charge in [-0.15, -0.1) is 0 Å². The highest BCUT2D eigenvalue weighted by Crippen LogP contribution is 2.36. The third-order valence-electron chi connectivity index (χ3n) is 10.3. The number of esters is 2. The molecule has 0 bridgehead atoms. The minimum atomic E-state index is -4.81. The number of rotatable bonds is 36. The topological polar surface area (TPSA) is 177 Å². The van der Waals surface area contributed by atoms with Crippen LogP contribution in [0.5, 0.6) is 0 Å². The number of aliphatic hydroxyl groups is 2. The number of phosphoric acid groups is 1. The van der Waals surface area contributed by atoms with Crippen LogP contribution in [0.3, 0.4) is 0 Å². The Morgan fingerprint density at radius 2 is 1.27 bits per heavy atom. The van der Waals surface area contributed by atoms with Crippen molar-refractivity contribution in [3.63, 3.8) is 0 Å². The standard InChI is InChI=1S/C43H77O11P/c1-3-5-7-8-9-10-11-12-13-14-15-16-17-18-19-20-26-30-43(48)54-37(35-53-55(49,50)51)34-52-42(47)29-25-22-21-24-28-38-39(41(46)33-40(38)45)32-31-36(44)27-23-6-4-2/h12-13,31-32,36-39,41,44,46H,3-11,14-30,33-35H2,1-2H3,(H2,49,50,51)/b13-12-,32-31+/t36-,37+,38+,39+,41+/m0/s1. The summed E-state index contributed by atoms with van der Waals surface area (Å²) in [6, 6.07) is 0. The summed E-state index contributed by atoms with van der Waals surface area (Å²) in [6.45, 7) is 3.38. The van der Waals surface area contributed by atoms with Crippen LogP contribution in [0.4, 0.5) is 0 Å². The number of allylic oxidation sites excluding steroid dienone is 2. The molecule has 0 unspecified atom stereocenters. The van der Waals surface area contributed by atoms with Crippen LogP contribution in [0.25, 0.3) is 0 Å². The first-order chi connectivity index (χ1) is 26.5. The van der Waals surface area contributed by atoms with Gasteiger partial charge in [-0.2, -0.15) is 0 Å². The molecule has 0 radical (unpaired) electrons. The van der Waals surface area contributed by atoms with E-state index in [2.05, 4.69) is 30.5 Å². The molecule has 12 heteroatoms. The van der Waals surface area contributed by atoms with Crippen LogP contribution in [0.1, 0.15) is 187 Å². The van der Waals surface area contributed by atoms with E-state index in [0.717, 1.165) is 64.2 Å². The van der Waals surface area contributed by atoms with E-state index in [0.29, 0.717) is 25.7 Å². The fourth-order valence-corrected chi connectivity index (χ4v) is 7.39. The van der Waals surface area contributed by atoms with Crippen LogP contribution in [0.15, 0.2) is 24.3 Å². The quantitative estimate of drug-likeness (QED) is 0.0205. The molecule has 0 aromatic heterocycles. The number of aliphatic hydroxyl groups excluding tert-OH is 2. The van der Waals surface area contributed by atoms with E-state index in [1.807, 2.05) is 6.08 Å². The molecule has 5 atom stereocenters. The van der Waals surface area contributed by atoms with Gasteiger partial charge in [0.05, 0.1) is 18.8 Å². The van der Waals surface area contributed by atoms with Gasteiger partial charge in [0.25, 0.3) is 0 Å². The van der Waals surface area contributed by atoms with E-state index in [9.17, 15) is 29.2 Å². The van der Waals surface area contributed by atoms with Crippen molar-refractivity contribution < 1.29 is 52.9 Å². The molecule has 0 saturated heterocycles. The third kappa shape index (κ3) is 29.1. The molecule has 0 aliphatic heterocycles. The van der Waals surface area contributed by atoms with Crippen LogP contribution in [-0.4, -0.2) is 69.2 Å². The summed E-state index contributed by atoms with van der Waals surface area (Å²) in [5.41, 5.74) is 0. The zero-order chi connectivity index (χ0) is 40.6. The Labute approximate surface area is 332 Å². The predicted octanol–water partition coefficient (Wildman–Crippen LogP) is 9.77. The maximum Gasteiger partial charge on any atom is 0.469 e. The molecule has 4 N–H and O–H groups in total. The monoisotopic (exact) mass is 801 g/mol. The summed E-state index contributed by atoms with van der Waals surface area (Å²) in [5.74, 6) is -1.57. The van der Waals surface area contributed by atoms with Crippen LogP contribution in [0.2, 0.25) is 0 Å². The van der Waals surface area contributed by atoms with Crippen molar-refractivity contribution in [3.8, 4) is 0 Å². The maximum atomic E-state index is 12.5. The predicted molar refractivity (Wildman–Crippen MR) is 217 cm³/mol. The Morgan fingerprint density at radius 3 is 1.87 bits per heavy atom. The fraction of sp³-hybridized carbons (Fsp3) is 0.837. The van der Waals surface area contributed by atoms with Gasteiger partial charge in [0.1, 0.15) is 12.4 Å². The normalized spacial score (nSPS) is 18.7. The summed E-state index contributed by atoms with van der Waals surface area (Å²) in [6.07, 6.45) is 30.8. The van der Waals surface area contributed by atoms with Crippen molar-refractivity contribution in [2.75, 3.05) is 13.2 Å². The molecule has 0 aromatic carbocycles. The molecule has 11 nitrogen and oxygen atoms in total. The molecule has 1 saturated carbocycles. The Balaban J connectivity index is 2.24. The second-order valence-corrected chi connectivity index (χ2v) is 16.7. The molecule has 0 amide bonds. The average molecular weight is 801 g/mol. The number of unbranched alkanes of at least 4 members (excludes halogenated alkanes) is 18. The Morgan fingerprint density at radius 1 is 0.745 bits per heavy atom. The van der Waals surface area contributed by atoms with Gasteiger partial charge in [0, 0.05) is 31.1 Å². The van der Waals surface area contributed by atoms with Crippen molar-refractivity contribution in [1.82, 2.24) is 0 Å². The first-order valence-corrected chi connectivity index (χ1v) is 23.3. The van der Waals surface area contributed by atoms with E-state index in [1.54, 1.807) is 6.08 Å². The van der Waals surface area contributed by atoms with Crippen molar-refractivity contribution in [2.24, 2.45) is 11.8 Å². The van der Waals surface area contributed by atoms with E-state index in [1.165, 1.54) is 64.2 Å². The molecule has 320 valence electrons. The summed E-state index contributed by atoms with van der Waals surface area (Å²) < 4.78 is 26.4. The smallest absolute Gasteiger partial charge is 0.462 e. The molecule has 1 aliphatic carbocycles. The first kappa shape index (κ1) is 51.1. The zero-order valence-electron chi connectivity index (χ0n) is 34.3. The molecule has 1 rings (SSSR count). The lowest BCUT2D eigenvalue weighted by Gasteiger charge is -2.18. The molecule has 0 heterocycles. The number of Topliss-reactive ketones (excluding diaryl/α,β-unsaturated/α-hetero) is 1. The van der Waals surface area contributed by atoms with Crippen LogP contribution in [0, 0.1) is 11.8 Å². The van der Waals surface area contributed by atoms with Gasteiger partial charge in [-0.3, -0.25) is 18.9 Å². The largest absolute Gasteiger partial charge is 0.469 e. The second kappa shape index (κ2) is 33.1. The van der Waals surface area contributed by atoms with E-state index < -0.39 is 44.7 Å². The number of ether oxygens (including phenoxy) is 2. The molecule has 55 heavy (non-hydrogen) atoms. The van der Waals surface area contributed by atoms with Gasteiger partial charge in [-0.1, -0.05) is 141 Å². The Bertz CT molecular complexity index is 1100. The molecular formula is C43H77O11P. The lowest BCUT2D eigenvalue weighted by atomic mass is 9.88. The SMILES string of the molecule is CCCCCCCC/C=C\CCCCCCCCCC(=O)O[C@H](COC(=O)CCCCCC[C@H]1C(=O)C[C@@H](O)[C@@H]1/C=C/[C@@H](O)CCCCC)COP(=O)(O)O.